The van der Waals surface area contributed by atoms with Crippen molar-refractivity contribution in [1.29, 1.82) is 0 Å². The molecule has 2 rings (SSSR count). The van der Waals surface area contributed by atoms with Crippen LogP contribution in [-0.4, -0.2) is 26.6 Å². The SMILES string of the molecule is CNCc1cnn(Cc2ccn(C)n2)c1C. The van der Waals surface area contributed by atoms with Crippen molar-refractivity contribution in [3.63, 3.8) is 0 Å². The van der Waals surface area contributed by atoms with Crippen LogP contribution in [0.2, 0.25) is 0 Å². The molecule has 0 radical (unpaired) electrons. The van der Waals surface area contributed by atoms with E-state index in [1.165, 1.54) is 11.3 Å². The summed E-state index contributed by atoms with van der Waals surface area (Å²) in [7, 11) is 3.86. The van der Waals surface area contributed by atoms with Gasteiger partial charge in [-0.25, -0.2) is 0 Å². The zero-order valence-corrected chi connectivity index (χ0v) is 9.94. The third kappa shape index (κ3) is 2.14. The summed E-state index contributed by atoms with van der Waals surface area (Å²) in [5, 5.41) is 11.8. The van der Waals surface area contributed by atoms with Gasteiger partial charge in [-0.15, -0.1) is 0 Å². The molecule has 0 spiro atoms. The first kappa shape index (κ1) is 10.9. The molecule has 2 aromatic heterocycles. The maximum absolute atomic E-state index is 4.37. The Bertz CT molecular complexity index is 468. The van der Waals surface area contributed by atoms with E-state index in [1.807, 2.05) is 41.9 Å². The van der Waals surface area contributed by atoms with Gasteiger partial charge in [0.25, 0.3) is 0 Å². The molecule has 2 aromatic rings. The highest BCUT2D eigenvalue weighted by molar-refractivity contribution is 5.16. The van der Waals surface area contributed by atoms with Gasteiger partial charge < -0.3 is 5.32 Å². The van der Waals surface area contributed by atoms with Crippen LogP contribution in [-0.2, 0) is 20.1 Å². The van der Waals surface area contributed by atoms with Gasteiger partial charge in [0.2, 0.25) is 0 Å². The van der Waals surface area contributed by atoms with Crippen LogP contribution in [0.4, 0.5) is 0 Å². The molecule has 5 nitrogen and oxygen atoms in total. The minimum Gasteiger partial charge on any atom is -0.316 e. The highest BCUT2D eigenvalue weighted by Crippen LogP contribution is 2.08. The Morgan fingerprint density at radius 1 is 1.44 bits per heavy atom. The molecule has 5 heteroatoms. The smallest absolute Gasteiger partial charge is 0.0852 e. The van der Waals surface area contributed by atoms with Crippen molar-refractivity contribution < 1.29 is 0 Å². The molecule has 0 atom stereocenters. The number of hydrogen-bond donors (Lipinski definition) is 1. The molecular formula is C11H17N5. The lowest BCUT2D eigenvalue weighted by molar-refractivity contribution is 0.632. The van der Waals surface area contributed by atoms with Crippen LogP contribution < -0.4 is 5.32 Å². The molecule has 0 aromatic carbocycles. The fourth-order valence-electron chi connectivity index (χ4n) is 1.71. The average molecular weight is 219 g/mol. The first-order chi connectivity index (χ1) is 7.70. The summed E-state index contributed by atoms with van der Waals surface area (Å²) in [5.41, 5.74) is 3.46. The van der Waals surface area contributed by atoms with Gasteiger partial charge in [-0.2, -0.15) is 10.2 Å². The second-order valence-corrected chi connectivity index (χ2v) is 3.92. The molecule has 16 heavy (non-hydrogen) atoms. The van der Waals surface area contributed by atoms with Crippen LogP contribution in [0.15, 0.2) is 18.5 Å². The fraction of sp³-hybridized carbons (Fsp3) is 0.455. The Labute approximate surface area is 95.1 Å². The van der Waals surface area contributed by atoms with Gasteiger partial charge in [-0.05, 0) is 20.0 Å². The Morgan fingerprint density at radius 2 is 2.25 bits per heavy atom. The van der Waals surface area contributed by atoms with Crippen molar-refractivity contribution in [2.75, 3.05) is 7.05 Å². The van der Waals surface area contributed by atoms with Crippen molar-refractivity contribution in [2.24, 2.45) is 7.05 Å². The van der Waals surface area contributed by atoms with E-state index in [0.717, 1.165) is 18.8 Å². The highest BCUT2D eigenvalue weighted by atomic mass is 15.3. The molecule has 0 saturated carbocycles. The summed E-state index contributed by atoms with van der Waals surface area (Å²) in [4.78, 5) is 0. The topological polar surface area (TPSA) is 47.7 Å². The summed E-state index contributed by atoms with van der Waals surface area (Å²) in [6.45, 7) is 3.67. The third-order valence-electron chi connectivity index (χ3n) is 2.65. The number of nitrogens with one attached hydrogen (secondary N) is 1. The molecule has 0 amide bonds. The monoisotopic (exact) mass is 219 g/mol. The molecule has 0 fully saturated rings. The summed E-state index contributed by atoms with van der Waals surface area (Å²) in [5.74, 6) is 0. The summed E-state index contributed by atoms with van der Waals surface area (Å²) < 4.78 is 3.79. The lowest BCUT2D eigenvalue weighted by Crippen LogP contribution is -2.08. The Morgan fingerprint density at radius 3 is 2.88 bits per heavy atom. The molecule has 0 aliphatic heterocycles. The Balaban J connectivity index is 2.15. The van der Waals surface area contributed by atoms with E-state index < -0.39 is 0 Å². The van der Waals surface area contributed by atoms with Gasteiger partial charge in [0.05, 0.1) is 18.4 Å². The number of aromatic nitrogens is 4. The molecule has 0 saturated heterocycles. The van der Waals surface area contributed by atoms with Crippen molar-refractivity contribution in [2.45, 2.75) is 20.0 Å². The maximum atomic E-state index is 4.37. The van der Waals surface area contributed by atoms with Crippen LogP contribution in [0.25, 0.3) is 0 Å². The van der Waals surface area contributed by atoms with E-state index >= 15 is 0 Å². The molecule has 86 valence electrons. The number of hydrogen-bond acceptors (Lipinski definition) is 3. The standard InChI is InChI=1S/C11H17N5/c1-9-10(6-12-2)7-13-16(9)8-11-4-5-15(3)14-11/h4-5,7,12H,6,8H2,1-3H3. The summed E-state index contributed by atoms with van der Waals surface area (Å²) in [6.07, 6.45) is 3.86. The van der Waals surface area contributed by atoms with Crippen molar-refractivity contribution in [3.8, 4) is 0 Å². The molecule has 2 heterocycles. The molecule has 0 aliphatic carbocycles. The van der Waals surface area contributed by atoms with Crippen LogP contribution >= 0.6 is 0 Å². The van der Waals surface area contributed by atoms with E-state index in [2.05, 4.69) is 22.4 Å². The van der Waals surface area contributed by atoms with Gasteiger partial charge in [0, 0.05) is 31.0 Å². The average Bonchev–Trinajstić information content (AvgIpc) is 2.80. The highest BCUT2D eigenvalue weighted by Gasteiger charge is 2.06. The first-order valence-electron chi connectivity index (χ1n) is 5.35. The predicted molar refractivity (Wildman–Crippen MR) is 62.0 cm³/mol. The summed E-state index contributed by atoms with van der Waals surface area (Å²) >= 11 is 0. The van der Waals surface area contributed by atoms with Crippen LogP contribution in [0.5, 0.6) is 0 Å². The largest absolute Gasteiger partial charge is 0.316 e. The van der Waals surface area contributed by atoms with Gasteiger partial charge >= 0.3 is 0 Å². The second-order valence-electron chi connectivity index (χ2n) is 3.92. The predicted octanol–water partition coefficient (Wildman–Crippen LogP) is 0.693. The molecule has 0 bridgehead atoms. The zero-order valence-electron chi connectivity index (χ0n) is 9.94. The van der Waals surface area contributed by atoms with E-state index in [9.17, 15) is 0 Å². The summed E-state index contributed by atoms with van der Waals surface area (Å²) in [6, 6.07) is 2.01. The van der Waals surface area contributed by atoms with Crippen LogP contribution in [0.1, 0.15) is 17.0 Å². The van der Waals surface area contributed by atoms with E-state index in [4.69, 9.17) is 0 Å². The van der Waals surface area contributed by atoms with Gasteiger partial charge in [0.15, 0.2) is 0 Å². The van der Waals surface area contributed by atoms with Crippen molar-refractivity contribution in [3.05, 3.63) is 35.4 Å². The number of nitrogens with zero attached hydrogens (tertiary/aromatic N) is 4. The van der Waals surface area contributed by atoms with E-state index in [0.29, 0.717) is 0 Å². The van der Waals surface area contributed by atoms with Crippen molar-refractivity contribution in [1.82, 2.24) is 24.9 Å². The second kappa shape index (κ2) is 4.49. The maximum Gasteiger partial charge on any atom is 0.0852 e. The minimum absolute atomic E-state index is 0.733. The third-order valence-corrected chi connectivity index (χ3v) is 2.65. The molecule has 0 unspecified atom stereocenters. The van der Waals surface area contributed by atoms with Crippen LogP contribution in [0.3, 0.4) is 0 Å². The zero-order chi connectivity index (χ0) is 11.5. The van der Waals surface area contributed by atoms with E-state index in [-0.39, 0.29) is 0 Å². The lowest BCUT2D eigenvalue weighted by Gasteiger charge is -2.03. The normalized spacial score (nSPS) is 10.9. The first-order valence-corrected chi connectivity index (χ1v) is 5.35. The van der Waals surface area contributed by atoms with Gasteiger partial charge in [-0.3, -0.25) is 9.36 Å². The Hall–Kier alpha value is -1.62. The van der Waals surface area contributed by atoms with E-state index in [1.54, 1.807) is 0 Å². The molecule has 1 N–H and O–H groups in total. The molecule has 0 aliphatic rings. The van der Waals surface area contributed by atoms with Gasteiger partial charge in [-0.1, -0.05) is 0 Å². The number of rotatable bonds is 4. The minimum atomic E-state index is 0.733. The quantitative estimate of drug-likeness (QED) is 0.823. The Kier molecular flexibility index (Phi) is 3.05. The van der Waals surface area contributed by atoms with Gasteiger partial charge in [0.1, 0.15) is 0 Å². The fourth-order valence-corrected chi connectivity index (χ4v) is 1.71. The van der Waals surface area contributed by atoms with Crippen LogP contribution in [0, 0.1) is 6.92 Å². The van der Waals surface area contributed by atoms with Crippen molar-refractivity contribution >= 4 is 0 Å². The lowest BCUT2D eigenvalue weighted by atomic mass is 10.2. The molecular weight excluding hydrogens is 202 g/mol. The number of aryl methyl sites for hydroxylation is 1.